The molecule has 0 atom stereocenters. The molecule has 1 aromatic carbocycles. The lowest BCUT2D eigenvalue weighted by Gasteiger charge is -2.16. The Morgan fingerprint density at radius 2 is 2.38 bits per heavy atom. The lowest BCUT2D eigenvalue weighted by molar-refractivity contribution is -0.113. The van der Waals surface area contributed by atoms with Crippen LogP contribution in [0.1, 0.15) is 0 Å². The number of carbonyl (C=O) groups excluding carboxylic acids is 1. The maximum absolute atomic E-state index is 11.0. The smallest absolute Gasteiger partial charge is 0.234 e. The van der Waals surface area contributed by atoms with E-state index in [1.54, 1.807) is 0 Å². The van der Waals surface area contributed by atoms with Crippen molar-refractivity contribution in [1.29, 1.82) is 0 Å². The number of nitrogens with one attached hydrogen (secondary N) is 2. The predicted molar refractivity (Wildman–Crippen MR) is 53.6 cm³/mol. The summed E-state index contributed by atoms with van der Waals surface area (Å²) >= 11 is 1.52. The van der Waals surface area contributed by atoms with Gasteiger partial charge in [0.15, 0.2) is 0 Å². The Balaban J connectivity index is 2.36. The molecule has 0 aromatic heterocycles. The highest BCUT2D eigenvalue weighted by molar-refractivity contribution is 8.00. The summed E-state index contributed by atoms with van der Waals surface area (Å²) in [6, 6.07) is 5.58. The van der Waals surface area contributed by atoms with Crippen molar-refractivity contribution in [2.45, 2.75) is 4.90 Å². The van der Waals surface area contributed by atoms with Crippen molar-refractivity contribution in [3.8, 4) is 0 Å². The number of nitrogens with two attached hydrogens (primary N) is 1. The van der Waals surface area contributed by atoms with Gasteiger partial charge in [0.1, 0.15) is 0 Å². The number of hydrogen-bond donors (Lipinski definition) is 3. The number of amides is 1. The zero-order chi connectivity index (χ0) is 9.26. The number of benzene rings is 1. The van der Waals surface area contributed by atoms with Gasteiger partial charge in [0.2, 0.25) is 5.91 Å². The lowest BCUT2D eigenvalue weighted by atomic mass is 10.3. The fourth-order valence-corrected chi connectivity index (χ4v) is 2.01. The predicted octanol–water partition coefficient (Wildman–Crippen LogP) is 1.02. The molecule has 1 aromatic rings. The maximum atomic E-state index is 11.0. The lowest BCUT2D eigenvalue weighted by Crippen LogP contribution is -2.18. The van der Waals surface area contributed by atoms with Crippen LogP contribution in [0.25, 0.3) is 0 Å². The molecule has 4 N–H and O–H groups in total. The van der Waals surface area contributed by atoms with Crippen LogP contribution in [0.2, 0.25) is 0 Å². The number of hydrogen-bond acceptors (Lipinski definition) is 4. The third kappa shape index (κ3) is 1.61. The Hall–Kier alpha value is -1.20. The molecule has 68 valence electrons. The van der Waals surface area contributed by atoms with E-state index >= 15 is 0 Å². The normalized spacial score (nSPS) is 14.7. The monoisotopic (exact) mass is 195 g/mol. The summed E-state index contributed by atoms with van der Waals surface area (Å²) in [5, 5.41) is 2.78. The first-order valence-corrected chi connectivity index (χ1v) is 4.81. The second-order valence-corrected chi connectivity index (χ2v) is 3.71. The van der Waals surface area contributed by atoms with E-state index in [1.807, 2.05) is 18.2 Å². The Morgan fingerprint density at radius 1 is 1.54 bits per heavy atom. The molecule has 0 fully saturated rings. The quantitative estimate of drug-likeness (QED) is 0.462. The van der Waals surface area contributed by atoms with Gasteiger partial charge in [-0.15, -0.1) is 11.8 Å². The van der Waals surface area contributed by atoms with Gasteiger partial charge in [0, 0.05) is 10.6 Å². The summed E-state index contributed by atoms with van der Waals surface area (Å²) in [4.78, 5) is 12.1. The van der Waals surface area contributed by atoms with Gasteiger partial charge < -0.3 is 10.7 Å². The van der Waals surface area contributed by atoms with Crippen LogP contribution < -0.4 is 16.6 Å². The van der Waals surface area contributed by atoms with E-state index < -0.39 is 0 Å². The molecule has 0 radical (unpaired) electrons. The highest BCUT2D eigenvalue weighted by Gasteiger charge is 2.14. The summed E-state index contributed by atoms with van der Waals surface area (Å²) < 4.78 is 0. The fourth-order valence-electron chi connectivity index (χ4n) is 1.16. The Bertz CT molecular complexity index is 353. The molecule has 1 aliphatic heterocycles. The van der Waals surface area contributed by atoms with E-state index in [1.165, 1.54) is 11.8 Å². The minimum Gasteiger partial charge on any atom is -0.324 e. The number of carbonyl (C=O) groups is 1. The van der Waals surface area contributed by atoms with Gasteiger partial charge in [-0.25, -0.2) is 0 Å². The molecular weight excluding hydrogens is 186 g/mol. The van der Waals surface area contributed by atoms with Gasteiger partial charge in [-0.05, 0) is 18.2 Å². The van der Waals surface area contributed by atoms with Crippen LogP contribution in [0.5, 0.6) is 0 Å². The van der Waals surface area contributed by atoms with E-state index in [4.69, 9.17) is 5.84 Å². The first kappa shape index (κ1) is 8.40. The van der Waals surface area contributed by atoms with Crippen molar-refractivity contribution in [2.75, 3.05) is 16.5 Å². The molecule has 4 nitrogen and oxygen atoms in total. The molecule has 0 aliphatic carbocycles. The fraction of sp³-hybridized carbons (Fsp3) is 0.125. The Labute approximate surface area is 79.8 Å². The van der Waals surface area contributed by atoms with E-state index in [-0.39, 0.29) is 5.91 Å². The maximum Gasteiger partial charge on any atom is 0.234 e. The van der Waals surface area contributed by atoms with Crippen molar-refractivity contribution in [1.82, 2.24) is 0 Å². The third-order valence-corrected chi connectivity index (χ3v) is 2.84. The molecule has 1 heterocycles. The SMILES string of the molecule is NNc1ccc2c(c1)SCC(=O)N2. The summed E-state index contributed by atoms with van der Waals surface area (Å²) in [6.07, 6.45) is 0. The average Bonchev–Trinajstić information content (AvgIpc) is 2.17. The zero-order valence-electron chi connectivity index (χ0n) is 6.83. The minimum atomic E-state index is 0.0472. The van der Waals surface area contributed by atoms with Crippen molar-refractivity contribution in [2.24, 2.45) is 5.84 Å². The molecule has 0 bridgehead atoms. The van der Waals surface area contributed by atoms with E-state index in [0.717, 1.165) is 16.3 Å². The topological polar surface area (TPSA) is 67.1 Å². The van der Waals surface area contributed by atoms with Crippen molar-refractivity contribution in [3.05, 3.63) is 18.2 Å². The van der Waals surface area contributed by atoms with Crippen molar-refractivity contribution in [3.63, 3.8) is 0 Å². The Morgan fingerprint density at radius 3 is 3.15 bits per heavy atom. The summed E-state index contributed by atoms with van der Waals surface area (Å²) in [5.41, 5.74) is 4.27. The van der Waals surface area contributed by atoms with Crippen molar-refractivity contribution < 1.29 is 4.79 Å². The van der Waals surface area contributed by atoms with Gasteiger partial charge in [-0.3, -0.25) is 10.6 Å². The highest BCUT2D eigenvalue weighted by Crippen LogP contribution is 2.33. The summed E-state index contributed by atoms with van der Waals surface area (Å²) in [6.45, 7) is 0. The zero-order valence-corrected chi connectivity index (χ0v) is 7.65. The van der Waals surface area contributed by atoms with Crippen LogP contribution >= 0.6 is 11.8 Å². The number of thioether (sulfide) groups is 1. The summed E-state index contributed by atoms with van der Waals surface area (Å²) in [7, 11) is 0. The molecular formula is C8H9N3OS. The average molecular weight is 195 g/mol. The van der Waals surface area contributed by atoms with Gasteiger partial charge in [0.25, 0.3) is 0 Å². The van der Waals surface area contributed by atoms with Crippen LogP contribution in [-0.2, 0) is 4.79 Å². The molecule has 0 saturated heterocycles. The van der Waals surface area contributed by atoms with Crippen molar-refractivity contribution >= 4 is 29.0 Å². The van der Waals surface area contributed by atoms with E-state index in [2.05, 4.69) is 10.7 Å². The molecule has 0 unspecified atom stereocenters. The molecule has 5 heteroatoms. The first-order chi connectivity index (χ1) is 6.29. The van der Waals surface area contributed by atoms with Gasteiger partial charge in [-0.1, -0.05) is 0 Å². The minimum absolute atomic E-state index is 0.0472. The first-order valence-electron chi connectivity index (χ1n) is 3.83. The molecule has 13 heavy (non-hydrogen) atoms. The van der Waals surface area contributed by atoms with Crippen LogP contribution in [0.3, 0.4) is 0 Å². The second-order valence-electron chi connectivity index (χ2n) is 2.69. The Kier molecular flexibility index (Phi) is 2.12. The number of nitrogen functional groups attached to an aromatic ring is 1. The molecule has 1 amide bonds. The van der Waals surface area contributed by atoms with Crippen LogP contribution in [0.15, 0.2) is 23.1 Å². The van der Waals surface area contributed by atoms with E-state index in [9.17, 15) is 4.79 Å². The van der Waals surface area contributed by atoms with Gasteiger partial charge in [0.05, 0.1) is 11.4 Å². The largest absolute Gasteiger partial charge is 0.324 e. The third-order valence-electron chi connectivity index (χ3n) is 1.78. The molecule has 2 rings (SSSR count). The number of fused-ring (bicyclic) bond motifs is 1. The number of rotatable bonds is 1. The van der Waals surface area contributed by atoms with E-state index in [0.29, 0.717) is 5.75 Å². The highest BCUT2D eigenvalue weighted by atomic mass is 32.2. The van der Waals surface area contributed by atoms with Crippen LogP contribution in [-0.4, -0.2) is 11.7 Å². The van der Waals surface area contributed by atoms with Gasteiger partial charge in [-0.2, -0.15) is 0 Å². The standard InChI is InChI=1S/C8H9N3OS/c9-11-5-1-2-6-7(3-5)13-4-8(12)10-6/h1-3,11H,4,9H2,(H,10,12). The molecule has 1 aliphatic rings. The molecule has 0 saturated carbocycles. The van der Waals surface area contributed by atoms with Crippen LogP contribution in [0, 0.1) is 0 Å². The van der Waals surface area contributed by atoms with Crippen LogP contribution in [0.4, 0.5) is 11.4 Å². The number of hydrazine groups is 1. The summed E-state index contributed by atoms with van der Waals surface area (Å²) in [5.74, 6) is 5.78. The van der Waals surface area contributed by atoms with Gasteiger partial charge >= 0.3 is 0 Å². The number of anilines is 2. The molecule has 0 spiro atoms. The second kappa shape index (κ2) is 3.27.